The van der Waals surface area contributed by atoms with Gasteiger partial charge in [-0.05, 0) is 19.5 Å². The van der Waals surface area contributed by atoms with Crippen molar-refractivity contribution in [2.75, 3.05) is 43.4 Å². The summed E-state index contributed by atoms with van der Waals surface area (Å²) in [4.78, 5) is 25.4. The highest BCUT2D eigenvalue weighted by Gasteiger charge is 2.16. The minimum atomic E-state index is -0.0588. The summed E-state index contributed by atoms with van der Waals surface area (Å²) < 4.78 is 0. The molecule has 0 unspecified atom stereocenters. The molecule has 1 aliphatic rings. The van der Waals surface area contributed by atoms with Crippen molar-refractivity contribution in [1.29, 1.82) is 0 Å². The first-order valence-corrected chi connectivity index (χ1v) is 8.21. The standard InChI is InChI=1S/C18H23N5O/c1-14-4-3-5-15(10-14)11-17(24)21-16-12-19-18(20-13-16)23-8-6-22(2)7-9-23/h3-5,10,12-13H,6-9,11H2,1-2H3,(H,21,24). The molecule has 1 aromatic heterocycles. The highest BCUT2D eigenvalue weighted by Crippen LogP contribution is 2.13. The van der Waals surface area contributed by atoms with E-state index in [9.17, 15) is 4.79 Å². The second kappa shape index (κ2) is 7.40. The summed E-state index contributed by atoms with van der Waals surface area (Å²) >= 11 is 0. The molecule has 1 saturated heterocycles. The number of aryl methyl sites for hydroxylation is 1. The van der Waals surface area contributed by atoms with Gasteiger partial charge in [-0.3, -0.25) is 4.79 Å². The van der Waals surface area contributed by atoms with E-state index in [0.29, 0.717) is 12.1 Å². The van der Waals surface area contributed by atoms with Gasteiger partial charge in [-0.1, -0.05) is 29.8 Å². The second-order valence-electron chi connectivity index (χ2n) is 6.28. The second-order valence-corrected chi connectivity index (χ2v) is 6.28. The molecule has 6 heteroatoms. The lowest BCUT2D eigenvalue weighted by molar-refractivity contribution is -0.115. The van der Waals surface area contributed by atoms with Gasteiger partial charge in [0, 0.05) is 26.2 Å². The summed E-state index contributed by atoms with van der Waals surface area (Å²) in [5.41, 5.74) is 2.79. The molecule has 1 aromatic carbocycles. The number of piperazine rings is 1. The molecule has 0 atom stereocenters. The van der Waals surface area contributed by atoms with Gasteiger partial charge in [-0.2, -0.15) is 0 Å². The molecule has 0 bridgehead atoms. The molecule has 2 heterocycles. The number of amides is 1. The summed E-state index contributed by atoms with van der Waals surface area (Å²) in [7, 11) is 2.12. The Balaban J connectivity index is 1.56. The zero-order valence-corrected chi connectivity index (χ0v) is 14.2. The lowest BCUT2D eigenvalue weighted by atomic mass is 10.1. The fourth-order valence-electron chi connectivity index (χ4n) is 2.77. The molecule has 126 valence electrons. The number of rotatable bonds is 4. The lowest BCUT2D eigenvalue weighted by Gasteiger charge is -2.32. The number of hydrogen-bond acceptors (Lipinski definition) is 5. The van der Waals surface area contributed by atoms with Crippen molar-refractivity contribution >= 4 is 17.5 Å². The van der Waals surface area contributed by atoms with E-state index in [1.54, 1.807) is 12.4 Å². The number of carbonyl (C=O) groups is 1. The van der Waals surface area contributed by atoms with Gasteiger partial charge in [0.2, 0.25) is 11.9 Å². The van der Waals surface area contributed by atoms with Crippen molar-refractivity contribution in [3.63, 3.8) is 0 Å². The molecule has 3 rings (SSSR count). The number of carbonyl (C=O) groups excluding carboxylic acids is 1. The third-order valence-corrected chi connectivity index (χ3v) is 4.16. The summed E-state index contributed by atoms with van der Waals surface area (Å²) in [5, 5.41) is 2.86. The molecule has 0 saturated carbocycles. The molecular weight excluding hydrogens is 302 g/mol. The van der Waals surface area contributed by atoms with Crippen LogP contribution >= 0.6 is 0 Å². The maximum atomic E-state index is 12.1. The Morgan fingerprint density at radius 2 is 1.88 bits per heavy atom. The van der Waals surface area contributed by atoms with Crippen LogP contribution in [0.1, 0.15) is 11.1 Å². The van der Waals surface area contributed by atoms with Crippen LogP contribution < -0.4 is 10.2 Å². The van der Waals surface area contributed by atoms with Crippen LogP contribution in [0.3, 0.4) is 0 Å². The number of benzene rings is 1. The molecule has 0 aliphatic carbocycles. The number of anilines is 2. The summed E-state index contributed by atoms with van der Waals surface area (Å²) in [6.45, 7) is 5.90. The van der Waals surface area contributed by atoms with Crippen LogP contribution in [0, 0.1) is 6.92 Å². The maximum Gasteiger partial charge on any atom is 0.228 e. The molecule has 6 nitrogen and oxygen atoms in total. The molecule has 2 aromatic rings. The highest BCUT2D eigenvalue weighted by molar-refractivity contribution is 5.92. The quantitative estimate of drug-likeness (QED) is 0.927. The SMILES string of the molecule is Cc1cccc(CC(=O)Nc2cnc(N3CCN(C)CC3)nc2)c1. The van der Waals surface area contributed by atoms with E-state index in [1.807, 2.05) is 31.2 Å². The Labute approximate surface area is 142 Å². The summed E-state index contributed by atoms with van der Waals surface area (Å²) in [6.07, 6.45) is 3.70. The first-order valence-electron chi connectivity index (χ1n) is 8.21. The van der Waals surface area contributed by atoms with Crippen molar-refractivity contribution in [2.24, 2.45) is 0 Å². The van der Waals surface area contributed by atoms with Gasteiger partial charge >= 0.3 is 0 Å². The molecule has 24 heavy (non-hydrogen) atoms. The number of nitrogens with zero attached hydrogens (tertiary/aromatic N) is 4. The maximum absolute atomic E-state index is 12.1. The van der Waals surface area contributed by atoms with Crippen molar-refractivity contribution in [3.8, 4) is 0 Å². The van der Waals surface area contributed by atoms with Crippen LogP contribution in [0.2, 0.25) is 0 Å². The monoisotopic (exact) mass is 325 g/mol. The molecule has 1 fully saturated rings. The van der Waals surface area contributed by atoms with Gasteiger partial charge in [0.25, 0.3) is 0 Å². The number of likely N-dealkylation sites (N-methyl/N-ethyl adjacent to an activating group) is 1. The normalized spacial score (nSPS) is 15.3. The Bertz CT molecular complexity index is 693. The van der Waals surface area contributed by atoms with Crippen molar-refractivity contribution in [3.05, 3.63) is 47.8 Å². The van der Waals surface area contributed by atoms with Crippen LogP contribution in [0.25, 0.3) is 0 Å². The molecule has 1 amide bonds. The van der Waals surface area contributed by atoms with Gasteiger partial charge in [0.1, 0.15) is 0 Å². The number of hydrogen-bond donors (Lipinski definition) is 1. The zero-order chi connectivity index (χ0) is 16.9. The third-order valence-electron chi connectivity index (χ3n) is 4.16. The average Bonchev–Trinajstić information content (AvgIpc) is 2.56. The van der Waals surface area contributed by atoms with E-state index in [-0.39, 0.29) is 5.91 Å². The van der Waals surface area contributed by atoms with E-state index in [4.69, 9.17) is 0 Å². The van der Waals surface area contributed by atoms with E-state index in [1.165, 1.54) is 0 Å². The van der Waals surface area contributed by atoms with Crippen LogP contribution in [0.5, 0.6) is 0 Å². The molecule has 1 aliphatic heterocycles. The van der Waals surface area contributed by atoms with Crippen molar-refractivity contribution in [2.45, 2.75) is 13.3 Å². The minimum Gasteiger partial charge on any atom is -0.338 e. The number of nitrogens with one attached hydrogen (secondary N) is 1. The van der Waals surface area contributed by atoms with Crippen molar-refractivity contribution in [1.82, 2.24) is 14.9 Å². The van der Waals surface area contributed by atoms with Gasteiger partial charge in [0.15, 0.2) is 0 Å². The topological polar surface area (TPSA) is 61.4 Å². The Morgan fingerprint density at radius 3 is 2.54 bits per heavy atom. The predicted molar refractivity (Wildman–Crippen MR) is 95.3 cm³/mol. The predicted octanol–water partition coefficient (Wildman–Crippen LogP) is 1.72. The molecular formula is C18H23N5O. The number of aromatic nitrogens is 2. The molecule has 0 radical (unpaired) electrons. The van der Waals surface area contributed by atoms with Gasteiger partial charge in [0.05, 0.1) is 24.5 Å². The average molecular weight is 325 g/mol. The Kier molecular flexibility index (Phi) is 5.05. The van der Waals surface area contributed by atoms with Gasteiger partial charge in [-0.15, -0.1) is 0 Å². The van der Waals surface area contributed by atoms with Crippen LogP contribution in [0.15, 0.2) is 36.7 Å². The lowest BCUT2D eigenvalue weighted by Crippen LogP contribution is -2.45. The first kappa shape index (κ1) is 16.4. The minimum absolute atomic E-state index is 0.0588. The smallest absolute Gasteiger partial charge is 0.228 e. The van der Waals surface area contributed by atoms with E-state index in [0.717, 1.165) is 43.3 Å². The fraction of sp³-hybridized carbons (Fsp3) is 0.389. The van der Waals surface area contributed by atoms with Crippen LogP contribution in [-0.2, 0) is 11.2 Å². The first-order chi connectivity index (χ1) is 11.6. The van der Waals surface area contributed by atoms with Gasteiger partial charge in [-0.25, -0.2) is 9.97 Å². The van der Waals surface area contributed by atoms with Crippen LogP contribution in [0.4, 0.5) is 11.6 Å². The van der Waals surface area contributed by atoms with Crippen molar-refractivity contribution < 1.29 is 4.79 Å². The molecule has 1 N–H and O–H groups in total. The largest absolute Gasteiger partial charge is 0.338 e. The fourth-order valence-corrected chi connectivity index (χ4v) is 2.77. The van der Waals surface area contributed by atoms with E-state index < -0.39 is 0 Å². The van der Waals surface area contributed by atoms with E-state index in [2.05, 4.69) is 32.1 Å². The Hall–Kier alpha value is -2.47. The summed E-state index contributed by atoms with van der Waals surface area (Å²) in [6, 6.07) is 7.96. The highest BCUT2D eigenvalue weighted by atomic mass is 16.1. The Morgan fingerprint density at radius 1 is 1.17 bits per heavy atom. The summed E-state index contributed by atoms with van der Waals surface area (Å²) in [5.74, 6) is 0.663. The van der Waals surface area contributed by atoms with E-state index >= 15 is 0 Å². The van der Waals surface area contributed by atoms with Gasteiger partial charge < -0.3 is 15.1 Å². The van der Waals surface area contributed by atoms with Crippen LogP contribution in [-0.4, -0.2) is 54.0 Å². The molecule has 0 spiro atoms. The zero-order valence-electron chi connectivity index (χ0n) is 14.2. The third kappa shape index (κ3) is 4.29.